The minimum atomic E-state index is -0.301. The molecule has 0 unspecified atom stereocenters. The highest BCUT2D eigenvalue weighted by atomic mass is 16.6. The van der Waals surface area contributed by atoms with Crippen molar-refractivity contribution in [3.05, 3.63) is 30.1 Å². The molecule has 1 aromatic rings. The number of likely N-dealkylation sites (N-methyl/N-ethyl adjacent to an activating group) is 1. The number of amides is 1. The van der Waals surface area contributed by atoms with E-state index >= 15 is 0 Å². The van der Waals surface area contributed by atoms with Gasteiger partial charge in [-0.25, -0.2) is 0 Å². The van der Waals surface area contributed by atoms with Gasteiger partial charge in [-0.1, -0.05) is 6.07 Å². The highest BCUT2D eigenvalue weighted by Crippen LogP contribution is 2.36. The molecule has 6 heteroatoms. The van der Waals surface area contributed by atoms with Crippen LogP contribution >= 0.6 is 0 Å². The fraction of sp³-hybridized carbons (Fsp3) is 0.667. The van der Waals surface area contributed by atoms with Crippen LogP contribution in [0.2, 0.25) is 0 Å². The lowest BCUT2D eigenvalue weighted by Crippen LogP contribution is -2.59. The lowest BCUT2D eigenvalue weighted by atomic mass is 9.87. The summed E-state index contributed by atoms with van der Waals surface area (Å²) < 4.78 is 11.7. The third-order valence-electron chi connectivity index (χ3n) is 5.06. The summed E-state index contributed by atoms with van der Waals surface area (Å²) in [4.78, 5) is 20.8. The zero-order valence-electron chi connectivity index (χ0n) is 14.6. The van der Waals surface area contributed by atoms with Gasteiger partial charge in [0, 0.05) is 39.2 Å². The van der Waals surface area contributed by atoms with Crippen molar-refractivity contribution in [1.82, 2.24) is 14.8 Å². The van der Waals surface area contributed by atoms with Crippen LogP contribution in [0.3, 0.4) is 0 Å². The van der Waals surface area contributed by atoms with E-state index in [-0.39, 0.29) is 17.6 Å². The van der Waals surface area contributed by atoms with E-state index < -0.39 is 0 Å². The average molecular weight is 333 g/mol. The van der Waals surface area contributed by atoms with Gasteiger partial charge in [-0.2, -0.15) is 0 Å². The Morgan fingerprint density at radius 3 is 3.12 bits per heavy atom. The molecule has 2 saturated heterocycles. The molecule has 0 aliphatic carbocycles. The second-order valence-corrected chi connectivity index (χ2v) is 6.88. The molecule has 0 radical (unpaired) electrons. The second-order valence-electron chi connectivity index (χ2n) is 6.88. The summed E-state index contributed by atoms with van der Waals surface area (Å²) in [5.41, 5.74) is 0.811. The van der Waals surface area contributed by atoms with E-state index in [1.165, 1.54) is 0 Å². The number of piperidine rings is 1. The van der Waals surface area contributed by atoms with E-state index in [2.05, 4.69) is 4.98 Å². The quantitative estimate of drug-likeness (QED) is 0.813. The Labute approximate surface area is 143 Å². The molecular formula is C18H27N3O3. The van der Waals surface area contributed by atoms with Crippen LogP contribution in [0, 0.1) is 0 Å². The first-order valence-electron chi connectivity index (χ1n) is 8.65. The Hall–Kier alpha value is -1.50. The van der Waals surface area contributed by atoms with Crippen LogP contribution in [0.1, 0.15) is 24.8 Å². The smallest absolute Gasteiger partial charge is 0.236 e. The fourth-order valence-corrected chi connectivity index (χ4v) is 3.87. The summed E-state index contributed by atoms with van der Waals surface area (Å²) in [5, 5.41) is 0. The van der Waals surface area contributed by atoms with Crippen LogP contribution in [-0.4, -0.2) is 72.8 Å². The molecule has 2 aliphatic heterocycles. The molecular weight excluding hydrogens is 306 g/mol. The van der Waals surface area contributed by atoms with Gasteiger partial charge >= 0.3 is 0 Å². The molecule has 132 valence electrons. The lowest BCUT2D eigenvalue weighted by molar-refractivity contribution is -0.161. The van der Waals surface area contributed by atoms with Crippen LogP contribution in [0.15, 0.2) is 24.5 Å². The maximum absolute atomic E-state index is 12.7. The number of hydrogen-bond donors (Lipinski definition) is 0. The summed E-state index contributed by atoms with van der Waals surface area (Å²) in [6, 6.07) is 3.95. The van der Waals surface area contributed by atoms with Crippen LogP contribution in [0.4, 0.5) is 0 Å². The number of pyridine rings is 1. The van der Waals surface area contributed by atoms with Gasteiger partial charge in [0.15, 0.2) is 0 Å². The van der Waals surface area contributed by atoms with E-state index in [1.807, 2.05) is 35.2 Å². The van der Waals surface area contributed by atoms with Crippen molar-refractivity contribution in [3.8, 4) is 0 Å². The molecule has 0 saturated carbocycles. The first kappa shape index (κ1) is 17.3. The van der Waals surface area contributed by atoms with E-state index in [9.17, 15) is 4.79 Å². The standard InChI is InChI=1S/C18H27N3O3/c1-20(12-15-5-3-8-19-11-15)13-17(22)21-9-6-16(23-2)18(14-21)7-4-10-24-18/h3,5,8,11,16H,4,6-7,9-10,12-14H2,1-2H3/t16-,18-/m0/s1. The van der Waals surface area contributed by atoms with Crippen molar-refractivity contribution in [2.45, 2.75) is 37.5 Å². The number of rotatable bonds is 5. The first-order valence-corrected chi connectivity index (χ1v) is 8.65. The summed E-state index contributed by atoms with van der Waals surface area (Å²) in [6.45, 7) is 3.27. The van der Waals surface area contributed by atoms with Crippen molar-refractivity contribution >= 4 is 5.91 Å². The Bertz CT molecular complexity index is 546. The van der Waals surface area contributed by atoms with E-state index in [0.29, 0.717) is 13.1 Å². The number of hydrogen-bond acceptors (Lipinski definition) is 5. The summed E-state index contributed by atoms with van der Waals surface area (Å²) in [7, 11) is 3.71. The van der Waals surface area contributed by atoms with E-state index in [0.717, 1.165) is 44.5 Å². The lowest BCUT2D eigenvalue weighted by Gasteiger charge is -2.45. The largest absolute Gasteiger partial charge is 0.378 e. The number of methoxy groups -OCH3 is 1. The minimum absolute atomic E-state index is 0.0946. The predicted octanol–water partition coefficient (Wildman–Crippen LogP) is 1.31. The number of ether oxygens (including phenoxy) is 2. The fourth-order valence-electron chi connectivity index (χ4n) is 3.87. The van der Waals surface area contributed by atoms with Gasteiger partial charge in [-0.3, -0.25) is 14.7 Å². The molecule has 24 heavy (non-hydrogen) atoms. The monoisotopic (exact) mass is 333 g/mol. The average Bonchev–Trinajstić information content (AvgIpc) is 3.04. The van der Waals surface area contributed by atoms with Gasteiger partial charge in [0.2, 0.25) is 5.91 Å². The number of nitrogens with zero attached hydrogens (tertiary/aromatic N) is 3. The van der Waals surface area contributed by atoms with Crippen molar-refractivity contribution in [3.63, 3.8) is 0 Å². The van der Waals surface area contributed by atoms with Gasteiger partial charge < -0.3 is 14.4 Å². The topological polar surface area (TPSA) is 54.9 Å². The van der Waals surface area contributed by atoms with Crippen LogP contribution in [0.25, 0.3) is 0 Å². The molecule has 1 aromatic heterocycles. The zero-order chi connectivity index (χ0) is 17.0. The summed E-state index contributed by atoms with van der Waals surface area (Å²) in [6.07, 6.45) is 6.55. The molecule has 3 rings (SSSR count). The molecule has 2 aliphatic rings. The third-order valence-corrected chi connectivity index (χ3v) is 5.06. The Kier molecular flexibility index (Phi) is 5.48. The van der Waals surface area contributed by atoms with E-state index in [1.54, 1.807) is 13.3 Å². The highest BCUT2D eigenvalue weighted by Gasteiger charge is 2.48. The van der Waals surface area contributed by atoms with Crippen molar-refractivity contribution in [2.75, 3.05) is 40.4 Å². The van der Waals surface area contributed by atoms with Gasteiger partial charge in [-0.15, -0.1) is 0 Å². The van der Waals surface area contributed by atoms with Crippen molar-refractivity contribution in [2.24, 2.45) is 0 Å². The Balaban J connectivity index is 1.57. The zero-order valence-corrected chi connectivity index (χ0v) is 14.6. The molecule has 2 atom stereocenters. The number of likely N-dealkylation sites (tertiary alicyclic amines) is 1. The van der Waals surface area contributed by atoms with Gasteiger partial charge in [0.1, 0.15) is 5.60 Å². The van der Waals surface area contributed by atoms with Crippen LogP contribution in [-0.2, 0) is 20.8 Å². The number of carbonyl (C=O) groups is 1. The maximum atomic E-state index is 12.7. The van der Waals surface area contributed by atoms with Crippen molar-refractivity contribution in [1.29, 1.82) is 0 Å². The minimum Gasteiger partial charge on any atom is -0.378 e. The van der Waals surface area contributed by atoms with Crippen LogP contribution < -0.4 is 0 Å². The molecule has 1 amide bonds. The SMILES string of the molecule is CO[C@H]1CCN(C(=O)CN(C)Cc2cccnc2)C[C@@]12CCCO2. The molecule has 0 N–H and O–H groups in total. The molecule has 2 fully saturated rings. The normalized spacial score (nSPS) is 27.1. The molecule has 1 spiro atoms. The molecule has 3 heterocycles. The van der Waals surface area contributed by atoms with Crippen molar-refractivity contribution < 1.29 is 14.3 Å². The number of aromatic nitrogens is 1. The van der Waals surface area contributed by atoms with Gasteiger partial charge in [0.05, 0.1) is 19.2 Å². The highest BCUT2D eigenvalue weighted by molar-refractivity contribution is 5.78. The predicted molar refractivity (Wildman–Crippen MR) is 90.5 cm³/mol. The molecule has 6 nitrogen and oxygen atoms in total. The summed E-state index contributed by atoms with van der Waals surface area (Å²) in [5.74, 6) is 0.158. The van der Waals surface area contributed by atoms with E-state index in [4.69, 9.17) is 9.47 Å². The third kappa shape index (κ3) is 3.77. The van der Waals surface area contributed by atoms with Gasteiger partial charge in [0.25, 0.3) is 0 Å². The number of carbonyl (C=O) groups excluding carboxylic acids is 1. The van der Waals surface area contributed by atoms with Gasteiger partial charge in [-0.05, 0) is 37.9 Å². The van der Waals surface area contributed by atoms with Crippen LogP contribution in [0.5, 0.6) is 0 Å². The molecule has 0 aromatic carbocycles. The maximum Gasteiger partial charge on any atom is 0.236 e. The Morgan fingerprint density at radius 2 is 2.46 bits per heavy atom. The summed E-state index contributed by atoms with van der Waals surface area (Å²) >= 11 is 0. The second kappa shape index (κ2) is 7.59. The first-order chi connectivity index (χ1) is 11.6. The Morgan fingerprint density at radius 1 is 1.58 bits per heavy atom. The molecule has 0 bridgehead atoms.